The summed E-state index contributed by atoms with van der Waals surface area (Å²) in [6, 6.07) is 3.86. The number of halogens is 2. The first kappa shape index (κ1) is 13.3. The molecule has 0 spiro atoms. The molecule has 0 aromatic heterocycles. The molecule has 0 saturated heterocycles. The molecule has 1 rings (SSSR count). The van der Waals surface area contributed by atoms with E-state index in [1.165, 1.54) is 29.8 Å². The predicted octanol–water partition coefficient (Wildman–Crippen LogP) is 3.05. The second kappa shape index (κ2) is 6.70. The Bertz CT molecular complexity index is 455. The fourth-order valence-corrected chi connectivity index (χ4v) is 1.19. The molecule has 0 unspecified atom stereocenters. The predicted molar refractivity (Wildman–Crippen MR) is 63.6 cm³/mol. The van der Waals surface area contributed by atoms with E-state index in [0.29, 0.717) is 11.3 Å². The SMILES string of the molecule is O=C(O)/C=C/c1cc(F)ccc1OC/C=C/Cl. The lowest BCUT2D eigenvalue weighted by atomic mass is 10.2. The van der Waals surface area contributed by atoms with E-state index in [1.807, 2.05) is 0 Å². The molecule has 0 aliphatic heterocycles. The lowest BCUT2D eigenvalue weighted by Crippen LogP contribution is -1.96. The van der Waals surface area contributed by atoms with Gasteiger partial charge in [-0.3, -0.25) is 0 Å². The van der Waals surface area contributed by atoms with Crippen molar-refractivity contribution in [1.82, 2.24) is 0 Å². The van der Waals surface area contributed by atoms with E-state index in [2.05, 4.69) is 0 Å². The molecule has 0 fully saturated rings. The average Bonchev–Trinajstić information content (AvgIpc) is 2.29. The molecule has 3 nitrogen and oxygen atoms in total. The van der Waals surface area contributed by atoms with Gasteiger partial charge in [-0.15, -0.1) is 0 Å². The summed E-state index contributed by atoms with van der Waals surface area (Å²) >= 11 is 5.32. The van der Waals surface area contributed by atoms with Crippen molar-refractivity contribution in [2.75, 3.05) is 6.61 Å². The molecular weight excluding hydrogens is 247 g/mol. The van der Waals surface area contributed by atoms with E-state index in [-0.39, 0.29) is 6.61 Å². The molecule has 0 bridgehead atoms. The lowest BCUT2D eigenvalue weighted by Gasteiger charge is -2.06. The third kappa shape index (κ3) is 4.70. The van der Waals surface area contributed by atoms with E-state index >= 15 is 0 Å². The maximum atomic E-state index is 13.0. The van der Waals surface area contributed by atoms with Crippen LogP contribution in [0.1, 0.15) is 5.56 Å². The highest BCUT2D eigenvalue weighted by Gasteiger charge is 2.02. The van der Waals surface area contributed by atoms with Crippen molar-refractivity contribution < 1.29 is 19.0 Å². The van der Waals surface area contributed by atoms with Gasteiger partial charge >= 0.3 is 5.97 Å². The van der Waals surface area contributed by atoms with Crippen LogP contribution in [0.4, 0.5) is 4.39 Å². The Morgan fingerprint density at radius 1 is 1.53 bits per heavy atom. The van der Waals surface area contributed by atoms with Crippen molar-refractivity contribution in [2.24, 2.45) is 0 Å². The largest absolute Gasteiger partial charge is 0.489 e. The Hall–Kier alpha value is -1.81. The minimum absolute atomic E-state index is 0.225. The van der Waals surface area contributed by atoms with Crippen molar-refractivity contribution in [3.63, 3.8) is 0 Å². The smallest absolute Gasteiger partial charge is 0.328 e. The van der Waals surface area contributed by atoms with Crippen molar-refractivity contribution in [2.45, 2.75) is 0 Å². The van der Waals surface area contributed by atoms with Crippen molar-refractivity contribution in [1.29, 1.82) is 0 Å². The fraction of sp³-hybridized carbons (Fsp3) is 0.0833. The van der Waals surface area contributed by atoms with Crippen LogP contribution < -0.4 is 4.74 Å². The van der Waals surface area contributed by atoms with Crippen LogP contribution in [0, 0.1) is 5.82 Å². The number of carboxylic acids is 1. The third-order valence-electron chi connectivity index (χ3n) is 1.80. The molecule has 0 heterocycles. The van der Waals surface area contributed by atoms with Crippen LogP contribution in [0.15, 0.2) is 35.9 Å². The molecule has 0 amide bonds. The maximum absolute atomic E-state index is 13.0. The van der Waals surface area contributed by atoms with E-state index in [4.69, 9.17) is 21.4 Å². The number of hydrogen-bond donors (Lipinski definition) is 1. The van der Waals surface area contributed by atoms with Crippen LogP contribution in [0.25, 0.3) is 6.08 Å². The molecule has 1 N–H and O–H groups in total. The van der Waals surface area contributed by atoms with Crippen molar-refractivity contribution in [3.05, 3.63) is 47.3 Å². The first-order chi connectivity index (χ1) is 8.13. The van der Waals surface area contributed by atoms with E-state index in [0.717, 1.165) is 6.08 Å². The zero-order valence-electron chi connectivity index (χ0n) is 8.77. The van der Waals surface area contributed by atoms with Gasteiger partial charge in [-0.1, -0.05) is 11.6 Å². The molecule has 1 aromatic carbocycles. The number of carbonyl (C=O) groups is 1. The monoisotopic (exact) mass is 256 g/mol. The highest BCUT2D eigenvalue weighted by molar-refractivity contribution is 6.25. The highest BCUT2D eigenvalue weighted by Crippen LogP contribution is 2.21. The van der Waals surface area contributed by atoms with Gasteiger partial charge in [0.15, 0.2) is 0 Å². The zero-order chi connectivity index (χ0) is 12.7. The normalized spacial score (nSPS) is 11.2. The molecule has 90 valence electrons. The molecule has 17 heavy (non-hydrogen) atoms. The first-order valence-electron chi connectivity index (χ1n) is 4.72. The van der Waals surface area contributed by atoms with Gasteiger partial charge in [-0.05, 0) is 30.4 Å². The molecule has 0 aliphatic carbocycles. The Kier molecular flexibility index (Phi) is 5.23. The van der Waals surface area contributed by atoms with E-state index in [9.17, 15) is 9.18 Å². The van der Waals surface area contributed by atoms with E-state index < -0.39 is 11.8 Å². The summed E-state index contributed by atoms with van der Waals surface area (Å²) in [6.45, 7) is 0.225. The average molecular weight is 257 g/mol. The standard InChI is InChI=1S/C12H10ClFO3/c13-6-1-7-17-11-4-3-10(14)8-9(11)2-5-12(15)16/h1-6,8H,7H2,(H,15,16)/b5-2+,6-1+. The summed E-state index contributed by atoms with van der Waals surface area (Å²) in [4.78, 5) is 10.4. The van der Waals surface area contributed by atoms with Crippen molar-refractivity contribution >= 4 is 23.6 Å². The molecule has 0 aliphatic rings. The topological polar surface area (TPSA) is 46.5 Å². The minimum Gasteiger partial charge on any atom is -0.489 e. The summed E-state index contributed by atoms with van der Waals surface area (Å²) < 4.78 is 18.3. The Balaban J connectivity index is 2.91. The number of aliphatic carboxylic acids is 1. The van der Waals surface area contributed by atoms with Gasteiger partial charge in [-0.25, -0.2) is 9.18 Å². The van der Waals surface area contributed by atoms with Crippen molar-refractivity contribution in [3.8, 4) is 5.75 Å². The minimum atomic E-state index is -1.11. The highest BCUT2D eigenvalue weighted by atomic mass is 35.5. The molecule has 0 atom stereocenters. The zero-order valence-corrected chi connectivity index (χ0v) is 9.52. The lowest BCUT2D eigenvalue weighted by molar-refractivity contribution is -0.131. The number of benzene rings is 1. The molecular formula is C12H10ClFO3. The van der Waals surface area contributed by atoms with Crippen LogP contribution in [-0.4, -0.2) is 17.7 Å². The Morgan fingerprint density at radius 2 is 2.29 bits per heavy atom. The summed E-state index contributed by atoms with van der Waals surface area (Å²) in [5.41, 5.74) is 1.66. The second-order valence-corrected chi connectivity index (χ2v) is 3.28. The Labute approximate surface area is 103 Å². The number of carboxylic acid groups (broad SMARTS) is 1. The van der Waals surface area contributed by atoms with Crippen LogP contribution in [-0.2, 0) is 4.79 Å². The molecule has 5 heteroatoms. The van der Waals surface area contributed by atoms with Gasteiger partial charge < -0.3 is 9.84 Å². The molecule has 0 saturated carbocycles. The van der Waals surface area contributed by atoms with Gasteiger partial charge in [0.2, 0.25) is 0 Å². The number of hydrogen-bond acceptors (Lipinski definition) is 2. The number of rotatable bonds is 5. The first-order valence-corrected chi connectivity index (χ1v) is 5.15. The van der Waals surface area contributed by atoms with Crippen LogP contribution in [0.3, 0.4) is 0 Å². The van der Waals surface area contributed by atoms with Gasteiger partial charge in [-0.2, -0.15) is 0 Å². The number of ether oxygens (including phenoxy) is 1. The maximum Gasteiger partial charge on any atom is 0.328 e. The van der Waals surface area contributed by atoms with Gasteiger partial charge in [0, 0.05) is 17.2 Å². The second-order valence-electron chi connectivity index (χ2n) is 3.03. The van der Waals surface area contributed by atoms with Crippen LogP contribution in [0.2, 0.25) is 0 Å². The molecule has 0 radical (unpaired) electrons. The molecule has 1 aromatic rings. The summed E-state index contributed by atoms with van der Waals surface area (Å²) in [5, 5.41) is 8.50. The third-order valence-corrected chi connectivity index (χ3v) is 1.98. The summed E-state index contributed by atoms with van der Waals surface area (Å²) in [5.74, 6) is -1.19. The summed E-state index contributed by atoms with van der Waals surface area (Å²) in [6.07, 6.45) is 3.75. The van der Waals surface area contributed by atoms with E-state index in [1.54, 1.807) is 6.08 Å². The summed E-state index contributed by atoms with van der Waals surface area (Å²) in [7, 11) is 0. The van der Waals surface area contributed by atoms with Crippen LogP contribution >= 0.6 is 11.6 Å². The quantitative estimate of drug-likeness (QED) is 0.824. The Morgan fingerprint density at radius 3 is 2.94 bits per heavy atom. The van der Waals surface area contributed by atoms with Crippen LogP contribution in [0.5, 0.6) is 5.75 Å². The fourth-order valence-electron chi connectivity index (χ4n) is 1.12. The van der Waals surface area contributed by atoms with Gasteiger partial charge in [0.05, 0.1) is 0 Å². The van der Waals surface area contributed by atoms with Gasteiger partial charge in [0.1, 0.15) is 18.2 Å². The van der Waals surface area contributed by atoms with Gasteiger partial charge in [0.25, 0.3) is 0 Å².